The van der Waals surface area contributed by atoms with Crippen LogP contribution < -0.4 is 5.73 Å². The number of rotatable bonds is 1. The number of nitrogens with two attached hydrogens (primary N) is 1. The Morgan fingerprint density at radius 1 is 1.18 bits per heavy atom. The van der Waals surface area contributed by atoms with Gasteiger partial charge in [0.05, 0.1) is 5.52 Å². The molecule has 1 saturated carbocycles. The van der Waals surface area contributed by atoms with Gasteiger partial charge in [-0.3, -0.25) is 4.98 Å². The third-order valence-electron chi connectivity index (χ3n) is 3.60. The van der Waals surface area contributed by atoms with E-state index in [2.05, 4.69) is 4.98 Å². The molecule has 88 valence electrons. The molecular formula is C14H15FN2. The minimum Gasteiger partial charge on any atom is -0.398 e. The van der Waals surface area contributed by atoms with Crippen LogP contribution in [0.15, 0.2) is 24.3 Å². The lowest BCUT2D eigenvalue weighted by atomic mass is 10.0. The Kier molecular flexibility index (Phi) is 2.46. The summed E-state index contributed by atoms with van der Waals surface area (Å²) in [5, 5.41) is 0.715. The third-order valence-corrected chi connectivity index (χ3v) is 3.60. The Morgan fingerprint density at radius 3 is 2.71 bits per heavy atom. The molecule has 0 aliphatic heterocycles. The lowest BCUT2D eigenvalue weighted by Gasteiger charge is -2.11. The number of hydrogen-bond donors (Lipinski definition) is 1. The second-order valence-electron chi connectivity index (χ2n) is 4.78. The Labute approximate surface area is 99.7 Å². The van der Waals surface area contributed by atoms with Crippen LogP contribution >= 0.6 is 0 Å². The largest absolute Gasteiger partial charge is 0.398 e. The van der Waals surface area contributed by atoms with Gasteiger partial charge in [-0.25, -0.2) is 4.39 Å². The van der Waals surface area contributed by atoms with Crippen LogP contribution in [-0.2, 0) is 0 Å². The van der Waals surface area contributed by atoms with Gasteiger partial charge in [0.2, 0.25) is 0 Å². The highest BCUT2D eigenvalue weighted by Gasteiger charge is 2.19. The topological polar surface area (TPSA) is 38.9 Å². The van der Waals surface area contributed by atoms with Gasteiger partial charge in [0.15, 0.2) is 0 Å². The fourth-order valence-corrected chi connectivity index (χ4v) is 2.68. The summed E-state index contributed by atoms with van der Waals surface area (Å²) in [5.41, 5.74) is 8.49. The molecule has 0 atom stereocenters. The van der Waals surface area contributed by atoms with Crippen molar-refractivity contribution in [1.29, 1.82) is 0 Å². The standard InChI is InChI=1S/C14H15FN2/c15-10-5-6-13-11(7-10)12(16)8-14(17-13)9-3-1-2-4-9/h5-9H,1-4H2,(H2,16,17). The van der Waals surface area contributed by atoms with Gasteiger partial charge in [-0.1, -0.05) is 12.8 Å². The smallest absolute Gasteiger partial charge is 0.124 e. The molecule has 0 bridgehead atoms. The molecule has 1 heterocycles. The van der Waals surface area contributed by atoms with Crippen LogP contribution in [0.25, 0.3) is 10.9 Å². The number of fused-ring (bicyclic) bond motifs is 1. The molecule has 2 aromatic rings. The summed E-state index contributed by atoms with van der Waals surface area (Å²) >= 11 is 0. The van der Waals surface area contributed by atoms with Crippen molar-refractivity contribution in [3.05, 3.63) is 35.8 Å². The molecule has 1 aliphatic rings. The van der Waals surface area contributed by atoms with Crippen molar-refractivity contribution in [3.8, 4) is 0 Å². The summed E-state index contributed by atoms with van der Waals surface area (Å²) in [7, 11) is 0. The van der Waals surface area contributed by atoms with E-state index < -0.39 is 0 Å². The van der Waals surface area contributed by atoms with Crippen molar-refractivity contribution in [2.75, 3.05) is 5.73 Å². The summed E-state index contributed by atoms with van der Waals surface area (Å²) in [6, 6.07) is 6.51. The Morgan fingerprint density at radius 2 is 1.94 bits per heavy atom. The summed E-state index contributed by atoms with van der Waals surface area (Å²) in [5.74, 6) is 0.270. The van der Waals surface area contributed by atoms with Gasteiger partial charge < -0.3 is 5.73 Å². The van der Waals surface area contributed by atoms with E-state index in [1.807, 2.05) is 6.07 Å². The fraction of sp³-hybridized carbons (Fsp3) is 0.357. The number of aromatic nitrogens is 1. The van der Waals surface area contributed by atoms with Gasteiger partial charge in [-0.2, -0.15) is 0 Å². The Bertz CT molecular complexity index is 559. The maximum absolute atomic E-state index is 13.1. The van der Waals surface area contributed by atoms with Gasteiger partial charge in [-0.05, 0) is 37.1 Å². The number of hydrogen-bond acceptors (Lipinski definition) is 2. The molecule has 1 aliphatic carbocycles. The first kappa shape index (κ1) is 10.5. The predicted octanol–water partition coefficient (Wildman–Crippen LogP) is 3.61. The van der Waals surface area contributed by atoms with E-state index in [9.17, 15) is 4.39 Å². The molecule has 0 amide bonds. The molecule has 1 fully saturated rings. The van der Waals surface area contributed by atoms with Gasteiger partial charge >= 0.3 is 0 Å². The molecular weight excluding hydrogens is 215 g/mol. The van der Waals surface area contributed by atoms with Crippen molar-refractivity contribution in [2.45, 2.75) is 31.6 Å². The highest BCUT2D eigenvalue weighted by Crippen LogP contribution is 2.35. The van der Waals surface area contributed by atoms with E-state index in [-0.39, 0.29) is 5.82 Å². The Balaban J connectivity index is 2.13. The molecule has 2 N–H and O–H groups in total. The molecule has 1 aromatic carbocycles. The molecule has 1 aromatic heterocycles. The molecule has 17 heavy (non-hydrogen) atoms. The highest BCUT2D eigenvalue weighted by atomic mass is 19.1. The van der Waals surface area contributed by atoms with Crippen LogP contribution in [0.1, 0.15) is 37.3 Å². The number of anilines is 1. The molecule has 3 rings (SSSR count). The maximum Gasteiger partial charge on any atom is 0.124 e. The molecule has 3 heteroatoms. The van der Waals surface area contributed by atoms with Crippen molar-refractivity contribution >= 4 is 16.6 Å². The fourth-order valence-electron chi connectivity index (χ4n) is 2.68. The number of nitrogen functional groups attached to an aromatic ring is 1. The SMILES string of the molecule is Nc1cc(C2CCCC2)nc2ccc(F)cc12. The van der Waals surface area contributed by atoms with Crippen LogP contribution in [-0.4, -0.2) is 4.98 Å². The quantitative estimate of drug-likeness (QED) is 0.812. The van der Waals surface area contributed by atoms with Gasteiger partial charge in [0.25, 0.3) is 0 Å². The van der Waals surface area contributed by atoms with Crippen molar-refractivity contribution in [1.82, 2.24) is 4.98 Å². The van der Waals surface area contributed by atoms with E-state index >= 15 is 0 Å². The summed E-state index contributed by atoms with van der Waals surface area (Å²) < 4.78 is 13.1. The van der Waals surface area contributed by atoms with E-state index in [1.165, 1.54) is 37.8 Å². The average Bonchev–Trinajstić information content (AvgIpc) is 2.83. The van der Waals surface area contributed by atoms with Crippen LogP contribution in [0.2, 0.25) is 0 Å². The van der Waals surface area contributed by atoms with Crippen LogP contribution in [0, 0.1) is 5.82 Å². The summed E-state index contributed by atoms with van der Waals surface area (Å²) in [6.07, 6.45) is 4.93. The number of nitrogens with zero attached hydrogens (tertiary/aromatic N) is 1. The molecule has 0 saturated heterocycles. The summed E-state index contributed by atoms with van der Waals surface area (Å²) in [6.45, 7) is 0. The summed E-state index contributed by atoms with van der Waals surface area (Å²) in [4.78, 5) is 4.61. The van der Waals surface area contributed by atoms with Crippen molar-refractivity contribution in [2.24, 2.45) is 0 Å². The maximum atomic E-state index is 13.1. The first-order valence-electron chi connectivity index (χ1n) is 6.10. The van der Waals surface area contributed by atoms with Gasteiger partial charge in [0.1, 0.15) is 5.82 Å². The highest BCUT2D eigenvalue weighted by molar-refractivity contribution is 5.90. The zero-order valence-corrected chi connectivity index (χ0v) is 9.62. The minimum absolute atomic E-state index is 0.264. The Hall–Kier alpha value is -1.64. The van der Waals surface area contributed by atoms with Crippen molar-refractivity contribution < 1.29 is 4.39 Å². The third kappa shape index (κ3) is 1.86. The number of halogens is 1. The lowest BCUT2D eigenvalue weighted by molar-refractivity contribution is 0.629. The van der Waals surface area contributed by atoms with Crippen molar-refractivity contribution in [3.63, 3.8) is 0 Å². The van der Waals surface area contributed by atoms with Gasteiger partial charge in [0, 0.05) is 22.7 Å². The number of pyridine rings is 1. The first-order valence-corrected chi connectivity index (χ1v) is 6.10. The monoisotopic (exact) mass is 230 g/mol. The van der Waals surface area contributed by atoms with Gasteiger partial charge in [-0.15, -0.1) is 0 Å². The number of benzene rings is 1. The molecule has 0 spiro atoms. The van der Waals surface area contributed by atoms with E-state index in [1.54, 1.807) is 6.07 Å². The van der Waals surface area contributed by atoms with Crippen LogP contribution in [0.3, 0.4) is 0 Å². The van der Waals surface area contributed by atoms with E-state index in [0.29, 0.717) is 17.0 Å². The lowest BCUT2D eigenvalue weighted by Crippen LogP contribution is -2.00. The normalized spacial score (nSPS) is 16.8. The van der Waals surface area contributed by atoms with Crippen LogP contribution in [0.5, 0.6) is 0 Å². The molecule has 0 radical (unpaired) electrons. The first-order chi connectivity index (χ1) is 8.24. The average molecular weight is 230 g/mol. The van der Waals surface area contributed by atoms with E-state index in [4.69, 9.17) is 5.73 Å². The van der Waals surface area contributed by atoms with Crippen LogP contribution in [0.4, 0.5) is 10.1 Å². The van der Waals surface area contributed by atoms with E-state index in [0.717, 1.165) is 11.2 Å². The molecule has 0 unspecified atom stereocenters. The minimum atomic E-state index is -0.264. The zero-order chi connectivity index (χ0) is 11.8. The zero-order valence-electron chi connectivity index (χ0n) is 9.62. The second-order valence-corrected chi connectivity index (χ2v) is 4.78. The predicted molar refractivity (Wildman–Crippen MR) is 67.3 cm³/mol. The second kappa shape index (κ2) is 3.99. The molecule has 2 nitrogen and oxygen atoms in total.